The Morgan fingerprint density at radius 3 is 2.42 bits per heavy atom. The number of likely N-dealkylation sites (tertiary alicyclic amines) is 1. The van der Waals surface area contributed by atoms with Crippen molar-refractivity contribution in [1.29, 1.82) is 0 Å². The minimum Gasteiger partial charge on any atom is -0.369 e. The van der Waals surface area contributed by atoms with Crippen LogP contribution in [0, 0.1) is 0 Å². The number of hydrogen-bond acceptors (Lipinski definition) is 8. The van der Waals surface area contributed by atoms with Crippen LogP contribution in [0.4, 0.5) is 5.69 Å². The minimum absolute atomic E-state index is 0.122. The number of piperazine rings is 1. The zero-order chi connectivity index (χ0) is 28.4. The number of ketones is 1. The smallest absolute Gasteiger partial charge is 0.261 e. The van der Waals surface area contributed by atoms with Gasteiger partial charge in [-0.2, -0.15) is 4.31 Å². The Bertz CT molecular complexity index is 1350. The molecular weight excluding hydrogens is 532 g/mol. The van der Waals surface area contributed by atoms with Crippen molar-refractivity contribution in [2.45, 2.75) is 49.3 Å². The minimum atomic E-state index is -3.99. The molecule has 1 aromatic carbocycles. The lowest BCUT2D eigenvalue weighted by atomic mass is 10.1. The van der Waals surface area contributed by atoms with E-state index in [1.807, 2.05) is 19.1 Å². The second kappa shape index (κ2) is 11.6. The van der Waals surface area contributed by atoms with Gasteiger partial charge in [0.25, 0.3) is 15.9 Å². The molecule has 4 heterocycles. The number of Topliss-reactive ketones (excluding diaryl/α,β-unsaturated/α-hetero) is 1. The van der Waals surface area contributed by atoms with E-state index in [1.165, 1.54) is 21.5 Å². The molecule has 0 bridgehead atoms. The molecule has 3 fully saturated rings. The van der Waals surface area contributed by atoms with Gasteiger partial charge in [-0.1, -0.05) is 19.4 Å². The van der Waals surface area contributed by atoms with Crippen molar-refractivity contribution in [1.82, 2.24) is 24.4 Å². The monoisotopic (exact) mass is 568 g/mol. The van der Waals surface area contributed by atoms with Gasteiger partial charge in [-0.15, -0.1) is 0 Å². The van der Waals surface area contributed by atoms with E-state index in [9.17, 15) is 22.8 Å². The summed E-state index contributed by atoms with van der Waals surface area (Å²) in [5.41, 5.74) is 1.51. The number of likely N-dealkylation sites (N-methyl/N-ethyl adjacent to an activating group) is 1. The van der Waals surface area contributed by atoms with Gasteiger partial charge in [-0.3, -0.25) is 14.4 Å². The van der Waals surface area contributed by atoms with Gasteiger partial charge in [0.2, 0.25) is 5.91 Å². The number of nitrogens with zero attached hydrogens (tertiary/aromatic N) is 5. The maximum absolute atomic E-state index is 13.7. The molecule has 0 radical (unpaired) electrons. The van der Waals surface area contributed by atoms with Gasteiger partial charge >= 0.3 is 0 Å². The van der Waals surface area contributed by atoms with E-state index in [4.69, 9.17) is 0 Å². The number of fused-ring (bicyclic) bond motifs is 1. The molecule has 5 rings (SSSR count). The van der Waals surface area contributed by atoms with Gasteiger partial charge in [-0.25, -0.2) is 13.4 Å². The van der Waals surface area contributed by atoms with Crippen molar-refractivity contribution in [2.75, 3.05) is 51.2 Å². The average Bonchev–Trinajstić information content (AvgIpc) is 3.55. The van der Waals surface area contributed by atoms with Crippen LogP contribution in [0.5, 0.6) is 0 Å². The Balaban J connectivity index is 1.27. The fraction of sp³-hybridized carbons (Fsp3) is 0.500. The zero-order valence-electron chi connectivity index (χ0n) is 22.9. The topological polar surface area (TPSA) is 123 Å². The number of aromatic nitrogens is 1. The Labute approximate surface area is 235 Å². The molecule has 3 saturated heterocycles. The summed E-state index contributed by atoms with van der Waals surface area (Å²) in [5.74, 6) is -1.04. The maximum Gasteiger partial charge on any atom is 0.261 e. The van der Waals surface area contributed by atoms with Crippen LogP contribution >= 0.6 is 0 Å². The molecule has 12 heteroatoms. The van der Waals surface area contributed by atoms with E-state index in [0.29, 0.717) is 24.8 Å². The lowest BCUT2D eigenvalue weighted by Crippen LogP contribution is -2.52. The van der Waals surface area contributed by atoms with Gasteiger partial charge in [0.05, 0.1) is 12.6 Å². The molecule has 0 saturated carbocycles. The van der Waals surface area contributed by atoms with Gasteiger partial charge < -0.3 is 20.0 Å². The third-order valence-corrected chi connectivity index (χ3v) is 9.84. The predicted octanol–water partition coefficient (Wildman–Crippen LogP) is 0.975. The summed E-state index contributed by atoms with van der Waals surface area (Å²) < 4.78 is 27.6. The number of amides is 2. The Kier molecular flexibility index (Phi) is 8.20. The SMILES string of the molecule is CCCC(NC(=O)c1ccc(N2CCN(C)CC2)cc1)C(=O)N1CCC2C1C(=O)CN2S(=O)(=O)c1ccccn1. The fourth-order valence-corrected chi connectivity index (χ4v) is 7.40. The van der Waals surface area contributed by atoms with Crippen molar-refractivity contribution in [2.24, 2.45) is 0 Å². The second-order valence-corrected chi connectivity index (χ2v) is 12.5. The third kappa shape index (κ3) is 5.48. The molecule has 1 aromatic heterocycles. The zero-order valence-corrected chi connectivity index (χ0v) is 23.7. The molecule has 3 unspecified atom stereocenters. The van der Waals surface area contributed by atoms with E-state index in [1.54, 1.807) is 24.3 Å². The molecule has 11 nitrogen and oxygen atoms in total. The number of benzene rings is 1. The second-order valence-electron chi connectivity index (χ2n) is 10.7. The molecule has 0 spiro atoms. The first kappa shape index (κ1) is 28.2. The maximum atomic E-state index is 13.7. The molecule has 0 aliphatic carbocycles. The van der Waals surface area contributed by atoms with E-state index >= 15 is 0 Å². The number of pyridine rings is 1. The molecule has 40 heavy (non-hydrogen) atoms. The summed E-state index contributed by atoms with van der Waals surface area (Å²) >= 11 is 0. The molecule has 2 amide bonds. The number of rotatable bonds is 8. The highest BCUT2D eigenvalue weighted by molar-refractivity contribution is 7.89. The first-order chi connectivity index (χ1) is 19.2. The first-order valence-electron chi connectivity index (χ1n) is 13.8. The van der Waals surface area contributed by atoms with Crippen LogP contribution < -0.4 is 10.2 Å². The highest BCUT2D eigenvalue weighted by Crippen LogP contribution is 2.34. The average molecular weight is 569 g/mol. The van der Waals surface area contributed by atoms with Crippen LogP contribution in [0.15, 0.2) is 53.7 Å². The van der Waals surface area contributed by atoms with Crippen LogP contribution in [0.3, 0.4) is 0 Å². The lowest BCUT2D eigenvalue weighted by molar-refractivity contribution is -0.138. The van der Waals surface area contributed by atoms with Gasteiger partial charge in [-0.05, 0) is 56.3 Å². The molecule has 1 N–H and O–H groups in total. The van der Waals surface area contributed by atoms with Gasteiger partial charge in [0.15, 0.2) is 10.8 Å². The van der Waals surface area contributed by atoms with Crippen molar-refractivity contribution >= 4 is 33.3 Å². The summed E-state index contributed by atoms with van der Waals surface area (Å²) in [4.78, 5) is 49.9. The summed E-state index contributed by atoms with van der Waals surface area (Å²) in [6, 6.07) is 9.65. The lowest BCUT2D eigenvalue weighted by Gasteiger charge is -2.34. The Morgan fingerprint density at radius 1 is 1.05 bits per heavy atom. The van der Waals surface area contributed by atoms with E-state index < -0.39 is 28.1 Å². The van der Waals surface area contributed by atoms with Crippen LogP contribution in [0.25, 0.3) is 0 Å². The van der Waals surface area contributed by atoms with E-state index in [-0.39, 0.29) is 35.7 Å². The van der Waals surface area contributed by atoms with Crippen molar-refractivity contribution in [3.8, 4) is 0 Å². The normalized spacial score (nSPS) is 22.8. The summed E-state index contributed by atoms with van der Waals surface area (Å²) in [7, 11) is -1.89. The van der Waals surface area contributed by atoms with Crippen molar-refractivity contribution in [3.63, 3.8) is 0 Å². The highest BCUT2D eigenvalue weighted by Gasteiger charge is 2.54. The Hall–Kier alpha value is -3.35. The Morgan fingerprint density at radius 2 is 1.77 bits per heavy atom. The molecule has 3 aliphatic rings. The largest absolute Gasteiger partial charge is 0.369 e. The van der Waals surface area contributed by atoms with Gasteiger partial charge in [0.1, 0.15) is 12.1 Å². The highest BCUT2D eigenvalue weighted by atomic mass is 32.2. The van der Waals surface area contributed by atoms with Crippen molar-refractivity contribution < 1.29 is 22.8 Å². The number of anilines is 1. The third-order valence-electron chi connectivity index (χ3n) is 8.05. The molecule has 2 aromatic rings. The quantitative estimate of drug-likeness (QED) is 0.500. The first-order valence-corrected chi connectivity index (χ1v) is 15.2. The van der Waals surface area contributed by atoms with Crippen LogP contribution in [-0.4, -0.2) is 110 Å². The summed E-state index contributed by atoms with van der Waals surface area (Å²) in [5, 5.41) is 2.75. The fourth-order valence-electron chi connectivity index (χ4n) is 5.84. The van der Waals surface area contributed by atoms with Crippen LogP contribution in [0.2, 0.25) is 0 Å². The molecule has 214 valence electrons. The number of carbonyl (C=O) groups excluding carboxylic acids is 3. The van der Waals surface area contributed by atoms with Crippen LogP contribution in [0.1, 0.15) is 36.5 Å². The van der Waals surface area contributed by atoms with E-state index in [2.05, 4.69) is 27.1 Å². The van der Waals surface area contributed by atoms with Gasteiger partial charge in [0, 0.05) is 50.2 Å². The molecule has 3 aliphatic heterocycles. The number of nitrogens with one attached hydrogen (secondary N) is 1. The summed E-state index contributed by atoms with van der Waals surface area (Å²) in [6.07, 6.45) is 2.79. The van der Waals surface area contributed by atoms with E-state index in [0.717, 1.165) is 31.9 Å². The molecule has 3 atom stereocenters. The number of sulfonamides is 1. The van der Waals surface area contributed by atoms with Crippen LogP contribution in [-0.2, 0) is 19.6 Å². The number of carbonyl (C=O) groups is 3. The summed E-state index contributed by atoms with van der Waals surface area (Å²) in [6.45, 7) is 5.67. The van der Waals surface area contributed by atoms with Crippen molar-refractivity contribution in [3.05, 3.63) is 54.2 Å². The standard InChI is InChI=1S/C28H36N6O5S/c1-3-6-22(30-27(36)20-8-10-21(11-9-20)32-17-15-31(2)16-18-32)28(37)33-14-12-23-26(33)24(35)19-34(23)40(38,39)25-7-4-5-13-29-25/h4-5,7-11,13,22-23,26H,3,6,12,14-19H2,1-2H3,(H,30,36). The number of hydrogen-bond donors (Lipinski definition) is 1. The molecular formula is C28H36N6O5S. The predicted molar refractivity (Wildman–Crippen MR) is 149 cm³/mol.